The summed E-state index contributed by atoms with van der Waals surface area (Å²) in [5, 5.41) is 4.34. The quantitative estimate of drug-likeness (QED) is 0.689. The Kier molecular flexibility index (Phi) is 6.09. The first kappa shape index (κ1) is 21.1. The van der Waals surface area contributed by atoms with Crippen LogP contribution in [0.5, 0.6) is 5.75 Å². The van der Waals surface area contributed by atoms with Gasteiger partial charge in [0.25, 0.3) is 0 Å². The Morgan fingerprint density at radius 2 is 1.72 bits per heavy atom. The Labute approximate surface area is 171 Å². The van der Waals surface area contributed by atoms with Gasteiger partial charge in [-0.05, 0) is 44.2 Å². The third-order valence-electron chi connectivity index (χ3n) is 5.21. The van der Waals surface area contributed by atoms with E-state index in [1.54, 1.807) is 27.8 Å². The third kappa shape index (κ3) is 4.35. The van der Waals surface area contributed by atoms with Gasteiger partial charge in [-0.25, -0.2) is 8.42 Å². The lowest BCUT2D eigenvalue weighted by molar-refractivity contribution is -0.127. The van der Waals surface area contributed by atoms with Gasteiger partial charge >= 0.3 is 0 Å². The summed E-state index contributed by atoms with van der Waals surface area (Å²) < 4.78 is 33.9. The van der Waals surface area contributed by atoms with Gasteiger partial charge in [0.2, 0.25) is 15.9 Å². The Morgan fingerprint density at radius 1 is 1.10 bits per heavy atom. The van der Waals surface area contributed by atoms with Crippen LogP contribution < -0.4 is 4.74 Å². The highest BCUT2D eigenvalue weighted by Crippen LogP contribution is 2.21. The fraction of sp³-hybridized carbons (Fsp3) is 0.400. The number of amides is 1. The van der Waals surface area contributed by atoms with Crippen LogP contribution in [0.15, 0.2) is 35.2 Å². The van der Waals surface area contributed by atoms with Gasteiger partial charge in [0.1, 0.15) is 5.75 Å². The molecule has 0 aliphatic carbocycles. The summed E-state index contributed by atoms with van der Waals surface area (Å²) >= 11 is 0. The average molecular weight is 419 g/mol. The number of aromatic nitrogens is 2. The molecule has 1 amide bonds. The van der Waals surface area contributed by atoms with Crippen LogP contribution in [0.4, 0.5) is 0 Å². The van der Waals surface area contributed by atoms with Crippen LogP contribution in [-0.2, 0) is 21.9 Å². The molecule has 9 heteroatoms. The van der Waals surface area contributed by atoms with Crippen molar-refractivity contribution in [2.45, 2.75) is 18.7 Å². The molecule has 3 rings (SSSR count). The molecule has 0 N–H and O–H groups in total. The first-order valence-electron chi connectivity index (χ1n) is 9.35. The normalized spacial score (nSPS) is 15.8. The molecule has 2 aromatic rings. The molecule has 2 heterocycles. The number of hydrogen-bond donors (Lipinski definition) is 0. The van der Waals surface area contributed by atoms with Crippen LogP contribution in [0.25, 0.3) is 6.08 Å². The number of piperazine rings is 1. The maximum Gasteiger partial charge on any atom is 0.246 e. The lowest BCUT2D eigenvalue weighted by Gasteiger charge is -2.33. The highest BCUT2D eigenvalue weighted by Gasteiger charge is 2.29. The fourth-order valence-electron chi connectivity index (χ4n) is 3.34. The van der Waals surface area contributed by atoms with Crippen LogP contribution in [0.3, 0.4) is 0 Å². The van der Waals surface area contributed by atoms with Gasteiger partial charge in [0.15, 0.2) is 0 Å². The number of hydrogen-bond acceptors (Lipinski definition) is 5. The predicted octanol–water partition coefficient (Wildman–Crippen LogP) is 1.59. The van der Waals surface area contributed by atoms with Gasteiger partial charge in [-0.3, -0.25) is 9.48 Å². The maximum atomic E-state index is 12.8. The molecule has 0 spiro atoms. The second-order valence-corrected chi connectivity index (χ2v) is 8.88. The van der Waals surface area contributed by atoms with Crippen LogP contribution in [-0.4, -0.2) is 66.6 Å². The van der Waals surface area contributed by atoms with E-state index in [0.29, 0.717) is 18.8 Å². The van der Waals surface area contributed by atoms with Crippen molar-refractivity contribution in [1.82, 2.24) is 19.0 Å². The molecular formula is C20H26N4O4S. The van der Waals surface area contributed by atoms with Gasteiger partial charge in [0, 0.05) is 50.6 Å². The Balaban J connectivity index is 1.63. The van der Waals surface area contributed by atoms with Crippen LogP contribution in [0.1, 0.15) is 17.0 Å². The monoisotopic (exact) mass is 418 g/mol. The average Bonchev–Trinajstić information content (AvgIpc) is 2.97. The third-order valence-corrected chi connectivity index (χ3v) is 7.12. The van der Waals surface area contributed by atoms with Crippen LogP contribution >= 0.6 is 0 Å². The topological polar surface area (TPSA) is 84.7 Å². The summed E-state index contributed by atoms with van der Waals surface area (Å²) in [6, 6.07) is 6.32. The largest absolute Gasteiger partial charge is 0.497 e. The maximum absolute atomic E-state index is 12.8. The van der Waals surface area contributed by atoms with E-state index < -0.39 is 10.0 Å². The minimum atomic E-state index is -3.59. The summed E-state index contributed by atoms with van der Waals surface area (Å²) in [6.07, 6.45) is 3.31. The molecular weight excluding hydrogens is 392 g/mol. The van der Waals surface area contributed by atoms with Crippen LogP contribution in [0.2, 0.25) is 0 Å². The number of carbonyl (C=O) groups is 1. The SMILES string of the molecule is COc1ccc(S(=O)(=O)N2CCN(C(=O)/C=C/c3c(C)nn(C)c3C)CC2)cc1. The van der Waals surface area contributed by atoms with Crippen molar-refractivity contribution in [3.63, 3.8) is 0 Å². The van der Waals surface area contributed by atoms with Crippen molar-refractivity contribution in [2.24, 2.45) is 7.05 Å². The van der Waals surface area contributed by atoms with Crippen molar-refractivity contribution >= 4 is 22.0 Å². The van der Waals surface area contributed by atoms with Gasteiger partial charge in [-0.15, -0.1) is 0 Å². The molecule has 1 aromatic heterocycles. The van der Waals surface area contributed by atoms with Crippen molar-refractivity contribution in [1.29, 1.82) is 0 Å². The molecule has 0 atom stereocenters. The molecule has 1 aromatic carbocycles. The van der Waals surface area contributed by atoms with Crippen molar-refractivity contribution < 1.29 is 17.9 Å². The summed E-state index contributed by atoms with van der Waals surface area (Å²) in [5.41, 5.74) is 2.79. The van der Waals surface area contributed by atoms with Gasteiger partial charge in [0.05, 0.1) is 17.7 Å². The first-order valence-corrected chi connectivity index (χ1v) is 10.8. The number of ether oxygens (including phenoxy) is 1. The standard InChI is InChI=1S/C20H26N4O4S/c1-15-19(16(2)22(3)21-15)9-10-20(25)23-11-13-24(14-12-23)29(26,27)18-7-5-17(28-4)6-8-18/h5-10H,11-14H2,1-4H3/b10-9+. The van der Waals surface area contributed by atoms with Crippen molar-refractivity contribution in [3.05, 3.63) is 47.3 Å². The highest BCUT2D eigenvalue weighted by molar-refractivity contribution is 7.89. The number of methoxy groups -OCH3 is 1. The lowest BCUT2D eigenvalue weighted by atomic mass is 10.2. The zero-order valence-electron chi connectivity index (χ0n) is 17.1. The first-order chi connectivity index (χ1) is 13.7. The molecule has 0 unspecified atom stereocenters. The number of benzene rings is 1. The Morgan fingerprint density at radius 3 is 2.24 bits per heavy atom. The van der Waals surface area contributed by atoms with Crippen LogP contribution in [0, 0.1) is 13.8 Å². The van der Waals surface area contributed by atoms with E-state index in [0.717, 1.165) is 17.0 Å². The number of sulfonamides is 1. The van der Waals surface area contributed by atoms with E-state index in [2.05, 4.69) is 5.10 Å². The minimum absolute atomic E-state index is 0.130. The number of rotatable bonds is 5. The van der Waals surface area contributed by atoms with E-state index in [1.807, 2.05) is 20.9 Å². The summed E-state index contributed by atoms with van der Waals surface area (Å²) in [7, 11) is -0.191. The molecule has 156 valence electrons. The molecule has 1 saturated heterocycles. The number of carbonyl (C=O) groups excluding carboxylic acids is 1. The number of nitrogens with zero attached hydrogens (tertiary/aromatic N) is 4. The lowest BCUT2D eigenvalue weighted by Crippen LogP contribution is -2.50. The van der Waals surface area contributed by atoms with E-state index in [-0.39, 0.29) is 23.9 Å². The summed E-state index contributed by atoms with van der Waals surface area (Å²) in [6.45, 7) is 5.08. The Hall–Kier alpha value is -2.65. The van der Waals surface area contributed by atoms with E-state index in [1.165, 1.54) is 29.6 Å². The van der Waals surface area contributed by atoms with E-state index in [4.69, 9.17) is 4.74 Å². The van der Waals surface area contributed by atoms with E-state index in [9.17, 15) is 13.2 Å². The van der Waals surface area contributed by atoms with Crippen molar-refractivity contribution in [2.75, 3.05) is 33.3 Å². The predicted molar refractivity (Wildman–Crippen MR) is 110 cm³/mol. The molecule has 29 heavy (non-hydrogen) atoms. The van der Waals surface area contributed by atoms with Crippen molar-refractivity contribution in [3.8, 4) is 5.75 Å². The molecule has 8 nitrogen and oxygen atoms in total. The smallest absolute Gasteiger partial charge is 0.246 e. The number of aryl methyl sites for hydroxylation is 2. The molecule has 1 fully saturated rings. The highest BCUT2D eigenvalue weighted by atomic mass is 32.2. The summed E-state index contributed by atoms with van der Waals surface area (Å²) in [4.78, 5) is 14.4. The second kappa shape index (κ2) is 8.38. The fourth-order valence-corrected chi connectivity index (χ4v) is 4.76. The van der Waals surface area contributed by atoms with E-state index >= 15 is 0 Å². The van der Waals surface area contributed by atoms with Gasteiger partial charge in [-0.1, -0.05) is 0 Å². The second-order valence-electron chi connectivity index (χ2n) is 6.95. The zero-order valence-corrected chi connectivity index (χ0v) is 17.9. The molecule has 0 bridgehead atoms. The zero-order chi connectivity index (χ0) is 21.2. The van der Waals surface area contributed by atoms with Gasteiger partial charge in [-0.2, -0.15) is 9.40 Å². The minimum Gasteiger partial charge on any atom is -0.497 e. The van der Waals surface area contributed by atoms with Gasteiger partial charge < -0.3 is 9.64 Å². The Bertz CT molecular complexity index is 1020. The molecule has 0 radical (unpaired) electrons. The molecule has 1 aliphatic rings. The summed E-state index contributed by atoms with van der Waals surface area (Å²) in [5.74, 6) is 0.472. The molecule has 1 aliphatic heterocycles. The molecule has 0 saturated carbocycles.